The van der Waals surface area contributed by atoms with Crippen LogP contribution in [0.3, 0.4) is 0 Å². The van der Waals surface area contributed by atoms with Crippen LogP contribution in [0.15, 0.2) is 64.0 Å². The molecule has 0 atom stereocenters. The maximum atomic E-state index is 13.0. The van der Waals surface area contributed by atoms with Gasteiger partial charge in [-0.05, 0) is 43.3 Å². The number of nitrogens with one attached hydrogen (secondary N) is 1. The summed E-state index contributed by atoms with van der Waals surface area (Å²) >= 11 is 0. The Morgan fingerprint density at radius 3 is 2.35 bits per heavy atom. The van der Waals surface area contributed by atoms with Gasteiger partial charge in [0.05, 0.1) is 4.90 Å². The van der Waals surface area contributed by atoms with E-state index < -0.39 is 10.0 Å². The van der Waals surface area contributed by atoms with Gasteiger partial charge in [0.2, 0.25) is 0 Å². The Bertz CT molecular complexity index is 920. The zero-order chi connectivity index (χ0) is 16.4. The fraction of sp³-hybridized carbons (Fsp3) is 0.0625. The van der Waals surface area contributed by atoms with Gasteiger partial charge in [0.25, 0.3) is 10.0 Å². The van der Waals surface area contributed by atoms with Crippen LogP contribution in [-0.4, -0.2) is 13.6 Å². The van der Waals surface area contributed by atoms with Gasteiger partial charge in [-0.25, -0.2) is 12.8 Å². The number of rotatable bonds is 4. The summed E-state index contributed by atoms with van der Waals surface area (Å²) < 4.78 is 45.5. The van der Waals surface area contributed by atoms with Gasteiger partial charge in [-0.15, -0.1) is 0 Å². The Morgan fingerprint density at radius 1 is 1.04 bits per heavy atom. The molecular formula is C16H13FN2O3S. The number of halogens is 1. The summed E-state index contributed by atoms with van der Waals surface area (Å²) in [5.74, 6) is -0.0655. The van der Waals surface area contributed by atoms with Crippen LogP contribution in [0.1, 0.15) is 5.76 Å². The summed E-state index contributed by atoms with van der Waals surface area (Å²) in [6, 6.07) is 13.5. The second kappa shape index (κ2) is 5.85. The molecule has 5 nitrogen and oxygen atoms in total. The molecule has 7 heteroatoms. The van der Waals surface area contributed by atoms with E-state index in [0.29, 0.717) is 17.0 Å². The second-order valence-corrected chi connectivity index (χ2v) is 6.57. The van der Waals surface area contributed by atoms with E-state index in [4.69, 9.17) is 4.52 Å². The van der Waals surface area contributed by atoms with Gasteiger partial charge in [0, 0.05) is 5.56 Å². The molecule has 0 amide bonds. The summed E-state index contributed by atoms with van der Waals surface area (Å²) in [4.78, 5) is 0.130. The zero-order valence-electron chi connectivity index (χ0n) is 12.2. The number of hydrogen-bond donors (Lipinski definition) is 1. The van der Waals surface area contributed by atoms with E-state index in [1.54, 1.807) is 25.1 Å². The Morgan fingerprint density at radius 2 is 1.70 bits per heavy atom. The smallest absolute Gasteiger partial charge is 0.262 e. The highest BCUT2D eigenvalue weighted by molar-refractivity contribution is 7.92. The van der Waals surface area contributed by atoms with Crippen molar-refractivity contribution < 1.29 is 17.3 Å². The molecule has 0 bridgehead atoms. The fourth-order valence-electron chi connectivity index (χ4n) is 2.09. The molecule has 3 aromatic rings. The minimum Gasteiger partial charge on any atom is -0.359 e. The van der Waals surface area contributed by atoms with Crippen LogP contribution in [0.5, 0.6) is 0 Å². The molecule has 118 valence electrons. The van der Waals surface area contributed by atoms with Gasteiger partial charge in [-0.2, -0.15) is 0 Å². The third kappa shape index (κ3) is 3.09. The number of aryl methyl sites for hydroxylation is 1. The van der Waals surface area contributed by atoms with Crippen molar-refractivity contribution in [2.24, 2.45) is 0 Å². The molecule has 0 aliphatic carbocycles. The van der Waals surface area contributed by atoms with Gasteiger partial charge in [-0.3, -0.25) is 4.72 Å². The van der Waals surface area contributed by atoms with Gasteiger partial charge in [0.1, 0.15) is 17.2 Å². The predicted octanol–water partition coefficient (Wildman–Crippen LogP) is 3.59. The van der Waals surface area contributed by atoms with Crippen molar-refractivity contribution in [2.45, 2.75) is 11.8 Å². The lowest BCUT2D eigenvalue weighted by atomic mass is 10.1. The van der Waals surface area contributed by atoms with Gasteiger partial charge < -0.3 is 4.52 Å². The number of sulfonamides is 1. The highest BCUT2D eigenvalue weighted by atomic mass is 32.2. The maximum Gasteiger partial charge on any atom is 0.262 e. The molecule has 0 spiro atoms. The monoisotopic (exact) mass is 332 g/mol. The molecule has 0 saturated heterocycles. The number of benzene rings is 2. The van der Waals surface area contributed by atoms with E-state index in [1.165, 1.54) is 36.4 Å². The average Bonchev–Trinajstić information content (AvgIpc) is 2.90. The molecule has 1 heterocycles. The van der Waals surface area contributed by atoms with Crippen LogP contribution in [0.2, 0.25) is 0 Å². The Hall–Kier alpha value is -2.67. The topological polar surface area (TPSA) is 72.2 Å². The van der Waals surface area contributed by atoms with Crippen molar-refractivity contribution in [3.05, 3.63) is 66.2 Å². The molecule has 0 aliphatic heterocycles. The molecule has 3 rings (SSSR count). The molecule has 0 unspecified atom stereocenters. The van der Waals surface area contributed by atoms with E-state index >= 15 is 0 Å². The van der Waals surface area contributed by atoms with E-state index in [2.05, 4.69) is 9.88 Å². The molecule has 2 aromatic carbocycles. The van der Waals surface area contributed by atoms with E-state index in [9.17, 15) is 12.8 Å². The molecule has 23 heavy (non-hydrogen) atoms. The van der Waals surface area contributed by atoms with Crippen molar-refractivity contribution in [1.29, 1.82) is 0 Å². The highest BCUT2D eigenvalue weighted by Crippen LogP contribution is 2.31. The first-order chi connectivity index (χ1) is 11.0. The van der Waals surface area contributed by atoms with Crippen LogP contribution < -0.4 is 4.72 Å². The van der Waals surface area contributed by atoms with Crippen LogP contribution in [0.4, 0.5) is 10.1 Å². The molecule has 0 fully saturated rings. The highest BCUT2D eigenvalue weighted by Gasteiger charge is 2.21. The van der Waals surface area contributed by atoms with E-state index in [-0.39, 0.29) is 16.4 Å². The summed E-state index contributed by atoms with van der Waals surface area (Å²) in [6.07, 6.45) is 0. The quantitative estimate of drug-likeness (QED) is 0.792. The zero-order valence-corrected chi connectivity index (χ0v) is 13.0. The number of aromatic nitrogens is 1. The third-order valence-corrected chi connectivity index (χ3v) is 4.64. The lowest BCUT2D eigenvalue weighted by Crippen LogP contribution is -2.13. The Kier molecular flexibility index (Phi) is 3.87. The second-order valence-electron chi connectivity index (χ2n) is 4.89. The molecule has 1 aromatic heterocycles. The Labute approximate surface area is 132 Å². The van der Waals surface area contributed by atoms with Crippen molar-refractivity contribution in [3.8, 4) is 11.3 Å². The molecule has 0 radical (unpaired) electrons. The summed E-state index contributed by atoms with van der Waals surface area (Å²) in [6.45, 7) is 1.60. The van der Waals surface area contributed by atoms with E-state index in [1.807, 2.05) is 0 Å². The summed E-state index contributed by atoms with van der Waals surface area (Å²) in [7, 11) is -3.77. The molecule has 0 aliphatic rings. The van der Waals surface area contributed by atoms with Gasteiger partial charge in [-0.1, -0.05) is 23.4 Å². The van der Waals surface area contributed by atoms with Crippen LogP contribution in [0, 0.1) is 12.7 Å². The SMILES string of the molecule is Cc1onc(-c2ccc(F)cc2)c1NS(=O)(=O)c1ccccc1. The molecule has 0 saturated carbocycles. The van der Waals surface area contributed by atoms with Crippen molar-refractivity contribution in [2.75, 3.05) is 4.72 Å². The minimum atomic E-state index is -3.77. The standard InChI is InChI=1S/C16H13FN2O3S/c1-11-15(19-23(20,21)14-5-3-2-4-6-14)16(18-22-11)12-7-9-13(17)10-8-12/h2-10,19H,1H3. The normalized spacial score (nSPS) is 11.4. The largest absolute Gasteiger partial charge is 0.359 e. The minimum absolute atomic E-state index is 0.130. The maximum absolute atomic E-state index is 13.0. The lowest BCUT2D eigenvalue weighted by Gasteiger charge is -2.08. The van der Waals surface area contributed by atoms with Crippen molar-refractivity contribution in [1.82, 2.24) is 5.16 Å². The first-order valence-electron chi connectivity index (χ1n) is 6.77. The van der Waals surface area contributed by atoms with Crippen LogP contribution in [-0.2, 0) is 10.0 Å². The van der Waals surface area contributed by atoms with E-state index in [0.717, 1.165) is 0 Å². The molecule has 1 N–H and O–H groups in total. The number of anilines is 1. The average molecular weight is 332 g/mol. The summed E-state index contributed by atoms with van der Waals surface area (Å²) in [5.41, 5.74) is 1.09. The number of nitrogens with zero attached hydrogens (tertiary/aromatic N) is 1. The third-order valence-electron chi connectivity index (χ3n) is 3.27. The first kappa shape index (κ1) is 15.2. The molecular weight excluding hydrogens is 319 g/mol. The predicted molar refractivity (Wildman–Crippen MR) is 83.9 cm³/mol. The van der Waals surface area contributed by atoms with Crippen molar-refractivity contribution >= 4 is 15.7 Å². The van der Waals surface area contributed by atoms with Crippen molar-refractivity contribution in [3.63, 3.8) is 0 Å². The van der Waals surface area contributed by atoms with Gasteiger partial charge >= 0.3 is 0 Å². The lowest BCUT2D eigenvalue weighted by molar-refractivity contribution is 0.400. The van der Waals surface area contributed by atoms with Crippen LogP contribution in [0.25, 0.3) is 11.3 Å². The van der Waals surface area contributed by atoms with Crippen LogP contribution >= 0.6 is 0 Å². The number of hydrogen-bond acceptors (Lipinski definition) is 4. The first-order valence-corrected chi connectivity index (χ1v) is 8.26. The fourth-order valence-corrected chi connectivity index (χ4v) is 3.23. The summed E-state index contributed by atoms with van der Waals surface area (Å²) in [5, 5.41) is 3.87. The van der Waals surface area contributed by atoms with Gasteiger partial charge in [0.15, 0.2) is 5.76 Å². The Balaban J connectivity index is 2.01.